The molecule has 0 saturated heterocycles. The Labute approximate surface area is 98.9 Å². The van der Waals surface area contributed by atoms with Crippen molar-refractivity contribution in [2.75, 3.05) is 13.2 Å². The van der Waals surface area contributed by atoms with Crippen LogP contribution in [0.2, 0.25) is 0 Å². The highest BCUT2D eigenvalue weighted by Crippen LogP contribution is 2.19. The average Bonchev–Trinajstić information content (AvgIpc) is 2.08. The summed E-state index contributed by atoms with van der Waals surface area (Å²) in [7, 11) is 0. The van der Waals surface area contributed by atoms with Crippen molar-refractivity contribution < 1.29 is 9.53 Å². The summed E-state index contributed by atoms with van der Waals surface area (Å²) in [6, 6.07) is 0.00278. The van der Waals surface area contributed by atoms with Crippen LogP contribution in [-0.4, -0.2) is 31.2 Å². The molecule has 3 N–H and O–H groups in total. The molecule has 4 nitrogen and oxygen atoms in total. The number of nitrogens with one attached hydrogen (secondary N) is 1. The molecule has 0 aliphatic carbocycles. The van der Waals surface area contributed by atoms with E-state index < -0.39 is 0 Å². The first-order chi connectivity index (χ1) is 7.20. The molecule has 16 heavy (non-hydrogen) atoms. The molecule has 0 bridgehead atoms. The molecule has 0 spiro atoms. The number of nitrogens with two attached hydrogens (primary N) is 1. The van der Waals surface area contributed by atoms with Gasteiger partial charge in [-0.25, -0.2) is 0 Å². The van der Waals surface area contributed by atoms with Gasteiger partial charge in [0.2, 0.25) is 5.91 Å². The molecule has 0 rings (SSSR count). The smallest absolute Gasteiger partial charge is 0.246 e. The molecule has 0 aromatic carbocycles. The van der Waals surface area contributed by atoms with E-state index in [1.165, 1.54) is 0 Å². The highest BCUT2D eigenvalue weighted by molar-refractivity contribution is 5.77. The van der Waals surface area contributed by atoms with Gasteiger partial charge < -0.3 is 15.8 Å². The lowest BCUT2D eigenvalue weighted by molar-refractivity contribution is -0.127. The molecule has 0 aliphatic heterocycles. The maximum Gasteiger partial charge on any atom is 0.246 e. The molecule has 96 valence electrons. The van der Waals surface area contributed by atoms with Crippen molar-refractivity contribution in [1.29, 1.82) is 0 Å². The van der Waals surface area contributed by atoms with Crippen LogP contribution in [0.15, 0.2) is 0 Å². The first kappa shape index (κ1) is 15.4. The van der Waals surface area contributed by atoms with E-state index >= 15 is 0 Å². The van der Waals surface area contributed by atoms with Crippen LogP contribution >= 0.6 is 0 Å². The van der Waals surface area contributed by atoms with E-state index in [0.717, 1.165) is 6.42 Å². The summed E-state index contributed by atoms with van der Waals surface area (Å²) >= 11 is 0. The van der Waals surface area contributed by atoms with Gasteiger partial charge in [0.15, 0.2) is 0 Å². The van der Waals surface area contributed by atoms with Crippen LogP contribution in [0.5, 0.6) is 0 Å². The number of rotatable bonds is 6. The van der Waals surface area contributed by atoms with Gasteiger partial charge in [0.1, 0.15) is 6.61 Å². The zero-order valence-corrected chi connectivity index (χ0v) is 11.2. The van der Waals surface area contributed by atoms with Crippen molar-refractivity contribution in [3.8, 4) is 0 Å². The molecule has 0 aromatic rings. The van der Waals surface area contributed by atoms with Gasteiger partial charge in [-0.05, 0) is 25.7 Å². The van der Waals surface area contributed by atoms with E-state index in [0.29, 0.717) is 6.54 Å². The zero-order chi connectivity index (χ0) is 12.8. The Morgan fingerprint density at radius 2 is 1.94 bits per heavy atom. The first-order valence-corrected chi connectivity index (χ1v) is 5.84. The Kier molecular flexibility index (Phi) is 6.60. The largest absolute Gasteiger partial charge is 0.369 e. The van der Waals surface area contributed by atoms with Crippen molar-refractivity contribution in [2.24, 2.45) is 11.1 Å². The summed E-state index contributed by atoms with van der Waals surface area (Å²) < 4.78 is 5.18. The van der Waals surface area contributed by atoms with Crippen LogP contribution in [0.4, 0.5) is 0 Å². The second kappa shape index (κ2) is 6.86. The van der Waals surface area contributed by atoms with E-state index in [9.17, 15) is 4.79 Å². The first-order valence-electron chi connectivity index (χ1n) is 5.84. The standard InChI is InChI=1S/C12H26N2O2/c1-9(2)16-8-11(15)14-7-10(13)6-12(3,4)5/h9-10H,6-8,13H2,1-5H3,(H,14,15). The monoisotopic (exact) mass is 230 g/mol. The molecule has 0 heterocycles. The van der Waals surface area contributed by atoms with Gasteiger partial charge in [0.25, 0.3) is 0 Å². The maximum absolute atomic E-state index is 11.3. The minimum Gasteiger partial charge on any atom is -0.369 e. The minimum atomic E-state index is -0.0990. The fraction of sp³-hybridized carbons (Fsp3) is 0.917. The summed E-state index contributed by atoms with van der Waals surface area (Å²) in [5, 5.41) is 2.77. The van der Waals surface area contributed by atoms with E-state index in [-0.39, 0.29) is 30.1 Å². The third-order valence-corrected chi connectivity index (χ3v) is 1.98. The lowest BCUT2D eigenvalue weighted by Crippen LogP contribution is -2.40. The van der Waals surface area contributed by atoms with Crippen molar-refractivity contribution >= 4 is 5.91 Å². The summed E-state index contributed by atoms with van der Waals surface area (Å²) in [4.78, 5) is 11.3. The van der Waals surface area contributed by atoms with Gasteiger partial charge in [0, 0.05) is 12.6 Å². The Morgan fingerprint density at radius 1 is 1.38 bits per heavy atom. The Morgan fingerprint density at radius 3 is 2.38 bits per heavy atom. The lowest BCUT2D eigenvalue weighted by atomic mass is 9.88. The molecule has 0 fully saturated rings. The van der Waals surface area contributed by atoms with Gasteiger partial charge in [-0.1, -0.05) is 20.8 Å². The highest BCUT2D eigenvalue weighted by Gasteiger charge is 2.16. The van der Waals surface area contributed by atoms with E-state index in [2.05, 4.69) is 26.1 Å². The zero-order valence-electron chi connectivity index (χ0n) is 11.2. The predicted molar refractivity (Wildman–Crippen MR) is 66.1 cm³/mol. The van der Waals surface area contributed by atoms with Crippen LogP contribution in [0, 0.1) is 5.41 Å². The fourth-order valence-corrected chi connectivity index (χ4v) is 1.40. The normalized spacial score (nSPS) is 13.9. The van der Waals surface area contributed by atoms with Crippen LogP contribution in [0.3, 0.4) is 0 Å². The lowest BCUT2D eigenvalue weighted by Gasteiger charge is -2.23. The third kappa shape index (κ3) is 9.93. The van der Waals surface area contributed by atoms with Crippen LogP contribution in [0.1, 0.15) is 41.0 Å². The Hall–Kier alpha value is -0.610. The van der Waals surface area contributed by atoms with Crippen LogP contribution < -0.4 is 11.1 Å². The molecule has 0 saturated carbocycles. The fourth-order valence-electron chi connectivity index (χ4n) is 1.40. The summed E-state index contributed by atoms with van der Waals surface area (Å²) in [6.07, 6.45) is 0.965. The van der Waals surface area contributed by atoms with Gasteiger partial charge >= 0.3 is 0 Å². The maximum atomic E-state index is 11.3. The quantitative estimate of drug-likeness (QED) is 0.722. The van der Waals surface area contributed by atoms with Gasteiger partial charge in [0.05, 0.1) is 6.10 Å². The molecular weight excluding hydrogens is 204 g/mol. The number of hydrogen-bond acceptors (Lipinski definition) is 3. The van der Waals surface area contributed by atoms with Gasteiger partial charge in [-0.2, -0.15) is 0 Å². The van der Waals surface area contributed by atoms with Crippen molar-refractivity contribution in [3.63, 3.8) is 0 Å². The molecule has 4 heteroatoms. The molecule has 0 aliphatic rings. The van der Waals surface area contributed by atoms with Crippen molar-refractivity contribution in [3.05, 3.63) is 0 Å². The number of ether oxygens (including phenoxy) is 1. The second-order valence-electron chi connectivity index (χ2n) is 5.69. The Balaban J connectivity index is 3.67. The molecule has 1 atom stereocenters. The number of hydrogen-bond donors (Lipinski definition) is 2. The van der Waals surface area contributed by atoms with Crippen molar-refractivity contribution in [1.82, 2.24) is 5.32 Å². The van der Waals surface area contributed by atoms with E-state index in [4.69, 9.17) is 10.5 Å². The second-order valence-corrected chi connectivity index (χ2v) is 5.69. The number of amides is 1. The van der Waals surface area contributed by atoms with E-state index in [1.807, 2.05) is 13.8 Å². The van der Waals surface area contributed by atoms with Crippen molar-refractivity contribution in [2.45, 2.75) is 53.2 Å². The van der Waals surface area contributed by atoms with Gasteiger partial charge in [-0.3, -0.25) is 4.79 Å². The van der Waals surface area contributed by atoms with Crippen LogP contribution in [0.25, 0.3) is 0 Å². The average molecular weight is 230 g/mol. The molecule has 1 unspecified atom stereocenters. The minimum absolute atomic E-state index is 0.00278. The third-order valence-electron chi connectivity index (χ3n) is 1.98. The molecule has 0 aromatic heterocycles. The molecule has 0 radical (unpaired) electrons. The van der Waals surface area contributed by atoms with Crippen LogP contribution in [-0.2, 0) is 9.53 Å². The Bertz CT molecular complexity index is 210. The summed E-state index contributed by atoms with van der Waals surface area (Å²) in [5.41, 5.74) is 6.10. The van der Waals surface area contributed by atoms with E-state index in [1.54, 1.807) is 0 Å². The molecular formula is C12H26N2O2. The number of carbonyl (C=O) groups excluding carboxylic acids is 1. The molecule has 1 amide bonds. The van der Waals surface area contributed by atoms with Gasteiger partial charge in [-0.15, -0.1) is 0 Å². The summed E-state index contributed by atoms with van der Waals surface area (Å²) in [5.74, 6) is -0.0990. The highest BCUT2D eigenvalue weighted by atomic mass is 16.5. The summed E-state index contributed by atoms with van der Waals surface area (Å²) in [6.45, 7) is 10.8. The topological polar surface area (TPSA) is 64.3 Å². The SMILES string of the molecule is CC(C)OCC(=O)NCC(N)CC(C)(C)C. The predicted octanol–water partition coefficient (Wildman–Crippen LogP) is 1.29. The number of carbonyl (C=O) groups is 1.